The Kier molecular flexibility index (Phi) is 10.9. The maximum atomic E-state index is 10.7. The molecule has 2 aromatic rings. The maximum absolute atomic E-state index is 10.7. The van der Waals surface area contributed by atoms with E-state index in [-0.39, 0.29) is 17.7 Å². The fraction of sp³-hybridized carbons (Fsp3) is 0.520. The second-order valence-corrected chi connectivity index (χ2v) is 8.66. The van der Waals surface area contributed by atoms with E-state index in [2.05, 4.69) is 12.0 Å². The third-order valence-electron chi connectivity index (χ3n) is 5.99. The Hall–Kier alpha value is -3.04. The van der Waals surface area contributed by atoms with Crippen molar-refractivity contribution in [3.63, 3.8) is 0 Å². The van der Waals surface area contributed by atoms with E-state index in [1.807, 2.05) is 59.6 Å². The van der Waals surface area contributed by atoms with Gasteiger partial charge in [-0.1, -0.05) is 57.0 Å². The average molecular weight is 474 g/mol. The van der Waals surface area contributed by atoms with Crippen LogP contribution in [0.5, 0.6) is 0 Å². The van der Waals surface area contributed by atoms with Crippen molar-refractivity contribution in [2.24, 2.45) is 11.6 Å². The highest BCUT2D eigenvalue weighted by molar-refractivity contribution is 5.86. The molecule has 1 saturated carbocycles. The predicted molar refractivity (Wildman–Crippen MR) is 132 cm³/mol. The van der Waals surface area contributed by atoms with E-state index in [1.54, 1.807) is 0 Å². The Bertz CT molecular complexity index is 909. The van der Waals surface area contributed by atoms with Crippen molar-refractivity contribution in [2.45, 2.75) is 83.5 Å². The zero-order chi connectivity index (χ0) is 25.0. The number of hydrazine groups is 1. The Morgan fingerprint density at radius 2 is 1.88 bits per heavy atom. The molecule has 188 valence electrons. The van der Waals surface area contributed by atoms with Crippen LogP contribution in [-0.2, 0) is 16.1 Å². The molecule has 9 heteroatoms. The van der Waals surface area contributed by atoms with Gasteiger partial charge >= 0.3 is 5.97 Å². The monoisotopic (exact) mass is 473 g/mol. The van der Waals surface area contributed by atoms with Crippen LogP contribution >= 0.6 is 0 Å². The number of hydrogen-bond acceptors (Lipinski definition) is 7. The number of carboxylic acid groups (broad SMARTS) is 1. The van der Waals surface area contributed by atoms with Crippen LogP contribution in [0.1, 0.15) is 65.2 Å². The molecule has 34 heavy (non-hydrogen) atoms. The van der Waals surface area contributed by atoms with Gasteiger partial charge in [-0.2, -0.15) is 5.10 Å². The van der Waals surface area contributed by atoms with E-state index in [9.17, 15) is 9.90 Å². The molecule has 0 amide bonds. The largest absolute Gasteiger partial charge is 0.476 e. The number of aromatic nitrogens is 2. The molecule has 1 heterocycles. The van der Waals surface area contributed by atoms with E-state index in [1.165, 1.54) is 6.42 Å². The number of carboxylic acids is 1. The number of aliphatic carboxylic acids is 1. The Balaban J connectivity index is 0.000000248. The number of ether oxygens (including phenoxy) is 1. The van der Waals surface area contributed by atoms with Gasteiger partial charge < -0.3 is 26.1 Å². The molecule has 7 N–H and O–H groups in total. The van der Waals surface area contributed by atoms with Crippen LogP contribution < -0.4 is 17.0 Å². The smallest absolute Gasteiger partial charge is 0.358 e. The molecule has 9 nitrogen and oxygen atoms in total. The predicted octanol–water partition coefficient (Wildman–Crippen LogP) is 3.50. The number of hydrogen-bond donors (Lipinski definition) is 5. The lowest BCUT2D eigenvalue weighted by molar-refractivity contribution is -0.133. The van der Waals surface area contributed by atoms with Crippen LogP contribution in [-0.4, -0.2) is 37.7 Å². The number of carbonyl (C=O) groups is 1. The van der Waals surface area contributed by atoms with Crippen LogP contribution in [0.2, 0.25) is 0 Å². The fourth-order valence-electron chi connectivity index (χ4n) is 4.01. The first-order valence-corrected chi connectivity index (χ1v) is 12.0. The molecule has 1 atom stereocenters. The third-order valence-corrected chi connectivity index (χ3v) is 5.99. The quantitative estimate of drug-likeness (QED) is 0.152. The number of rotatable bonds is 10. The number of nitrogens with two attached hydrogens (primary N) is 2. The first-order chi connectivity index (χ1) is 16.3. The highest BCUT2D eigenvalue weighted by Crippen LogP contribution is 2.22. The molecule has 1 aliphatic rings. The van der Waals surface area contributed by atoms with Crippen molar-refractivity contribution in [1.82, 2.24) is 15.2 Å². The zero-order valence-electron chi connectivity index (χ0n) is 20.2. The van der Waals surface area contributed by atoms with Gasteiger partial charge in [0.25, 0.3) is 0 Å². The van der Waals surface area contributed by atoms with Crippen molar-refractivity contribution >= 4 is 5.97 Å². The molecule has 1 aromatic carbocycles. The Morgan fingerprint density at radius 3 is 2.44 bits per heavy atom. The Labute approximate surface area is 201 Å². The number of nitrogens with zero attached hydrogens (tertiary/aromatic N) is 2. The summed E-state index contributed by atoms with van der Waals surface area (Å²) in [5, 5.41) is 23.8. The van der Waals surface area contributed by atoms with Crippen molar-refractivity contribution in [1.29, 1.82) is 0 Å². The highest BCUT2D eigenvalue weighted by Gasteiger charge is 2.24. The summed E-state index contributed by atoms with van der Waals surface area (Å²) in [4.78, 5) is 10.7. The molecule has 1 unspecified atom stereocenters. The van der Waals surface area contributed by atoms with E-state index in [0.29, 0.717) is 6.54 Å². The van der Waals surface area contributed by atoms with Crippen molar-refractivity contribution in [2.75, 3.05) is 0 Å². The third kappa shape index (κ3) is 8.39. The molecule has 3 rings (SSSR count). The molecule has 1 fully saturated rings. The number of nitrogens with one attached hydrogen (secondary N) is 1. The number of benzene rings is 1. The van der Waals surface area contributed by atoms with Gasteiger partial charge in [-0.3, -0.25) is 10.5 Å². The van der Waals surface area contributed by atoms with Crippen LogP contribution in [0.15, 0.2) is 54.2 Å². The summed E-state index contributed by atoms with van der Waals surface area (Å²) < 4.78 is 7.19. The zero-order valence-corrected chi connectivity index (χ0v) is 20.2. The van der Waals surface area contributed by atoms with Crippen LogP contribution in [0.25, 0.3) is 11.3 Å². The average Bonchev–Trinajstić information content (AvgIpc) is 3.29. The molecule has 0 radical (unpaired) electrons. The van der Waals surface area contributed by atoms with Crippen LogP contribution in [0, 0.1) is 0 Å². The number of aliphatic hydroxyl groups is 1. The lowest BCUT2D eigenvalue weighted by Gasteiger charge is -2.26. The lowest BCUT2D eigenvalue weighted by Crippen LogP contribution is -2.33. The van der Waals surface area contributed by atoms with Gasteiger partial charge in [0.2, 0.25) is 5.88 Å². The minimum Gasteiger partial charge on any atom is -0.476 e. The van der Waals surface area contributed by atoms with Gasteiger partial charge in [-0.05, 0) is 44.6 Å². The van der Waals surface area contributed by atoms with Crippen molar-refractivity contribution in [3.05, 3.63) is 54.2 Å². The lowest BCUT2D eigenvalue weighted by atomic mass is 9.95. The van der Waals surface area contributed by atoms with E-state index < -0.39 is 11.6 Å². The summed E-state index contributed by atoms with van der Waals surface area (Å²) in [6.07, 6.45) is 9.72. The first kappa shape index (κ1) is 27.2. The summed E-state index contributed by atoms with van der Waals surface area (Å²) in [6, 6.07) is 12.1. The molecule has 0 spiro atoms. The van der Waals surface area contributed by atoms with Gasteiger partial charge in [0.15, 0.2) is 5.70 Å². The second kappa shape index (κ2) is 13.6. The Morgan fingerprint density at radius 1 is 1.21 bits per heavy atom. The van der Waals surface area contributed by atoms with Crippen LogP contribution in [0.4, 0.5) is 0 Å². The van der Waals surface area contributed by atoms with Gasteiger partial charge in [0.1, 0.15) is 6.10 Å². The SMILES string of the molecule is CCCC(O)(CC)Cn1ccc(-c2ccccc2)n1.NN/C(C(=O)O)=C(\N)OC1CCCCC1. The van der Waals surface area contributed by atoms with Crippen molar-refractivity contribution < 1.29 is 19.7 Å². The molecular weight excluding hydrogens is 434 g/mol. The van der Waals surface area contributed by atoms with Crippen molar-refractivity contribution in [3.8, 4) is 11.3 Å². The molecule has 1 aliphatic carbocycles. The highest BCUT2D eigenvalue weighted by atomic mass is 16.5. The van der Waals surface area contributed by atoms with Gasteiger partial charge in [0.05, 0.1) is 17.8 Å². The van der Waals surface area contributed by atoms with Gasteiger partial charge in [-0.15, -0.1) is 0 Å². The van der Waals surface area contributed by atoms with E-state index in [4.69, 9.17) is 21.4 Å². The topological polar surface area (TPSA) is 149 Å². The van der Waals surface area contributed by atoms with Crippen LogP contribution in [0.3, 0.4) is 0 Å². The summed E-state index contributed by atoms with van der Waals surface area (Å²) >= 11 is 0. The second-order valence-electron chi connectivity index (χ2n) is 8.66. The minimum absolute atomic E-state index is 0.0152. The first-order valence-electron chi connectivity index (χ1n) is 12.0. The minimum atomic E-state index is -1.22. The summed E-state index contributed by atoms with van der Waals surface area (Å²) in [7, 11) is 0. The van der Waals surface area contributed by atoms with Gasteiger partial charge in [0, 0.05) is 11.8 Å². The van der Waals surface area contributed by atoms with E-state index >= 15 is 0 Å². The molecule has 0 bridgehead atoms. The summed E-state index contributed by atoms with van der Waals surface area (Å²) in [5.41, 5.74) is 8.64. The summed E-state index contributed by atoms with van der Waals surface area (Å²) in [6.45, 7) is 4.68. The maximum Gasteiger partial charge on any atom is 0.358 e. The fourth-order valence-corrected chi connectivity index (χ4v) is 4.01. The normalized spacial score (nSPS) is 16.5. The molecule has 0 aliphatic heterocycles. The molecule has 1 aromatic heterocycles. The standard InChI is InChI=1S/C16H22N2O.C9H17N3O3/c1-3-11-16(19,4-2)13-18-12-10-15(17-18)14-8-6-5-7-9-14;10-8(7(12-11)9(13)14)15-6-4-2-1-3-5-6/h5-10,12,19H,3-4,11,13H2,1-2H3;6,12H,1-5,10-11H2,(H,13,14)/b;8-7+. The summed E-state index contributed by atoms with van der Waals surface area (Å²) in [5.74, 6) is 3.67. The van der Waals surface area contributed by atoms with Gasteiger partial charge in [-0.25, -0.2) is 4.79 Å². The van der Waals surface area contributed by atoms with E-state index in [0.717, 1.165) is 56.2 Å². The molecular formula is C25H39N5O4. The molecule has 0 saturated heterocycles.